The first kappa shape index (κ1) is 23.3. The summed E-state index contributed by atoms with van der Waals surface area (Å²) >= 11 is 6.06. The molecule has 33 heavy (non-hydrogen) atoms. The number of aryl methyl sites for hydroxylation is 1. The van der Waals surface area contributed by atoms with Gasteiger partial charge < -0.3 is 14.6 Å². The number of carbonyl (C=O) groups excluding carboxylic acids is 1. The van der Waals surface area contributed by atoms with Gasteiger partial charge in [0.25, 0.3) is 0 Å². The van der Waals surface area contributed by atoms with Crippen molar-refractivity contribution in [2.75, 3.05) is 19.7 Å². The van der Waals surface area contributed by atoms with E-state index in [0.717, 1.165) is 30.7 Å². The summed E-state index contributed by atoms with van der Waals surface area (Å²) in [5, 5.41) is 7.79. The molecule has 1 aliphatic rings. The average Bonchev–Trinajstić information content (AvgIpc) is 3.27. The Balaban J connectivity index is 1.26. The highest BCUT2D eigenvalue weighted by atomic mass is 35.5. The third-order valence-electron chi connectivity index (χ3n) is 5.70. The Morgan fingerprint density at radius 2 is 2.12 bits per heavy atom. The number of benzene rings is 2. The molecule has 2 unspecified atom stereocenters. The maximum absolute atomic E-state index is 12.8. The zero-order valence-corrected chi connectivity index (χ0v) is 19.7. The molecule has 1 aromatic heterocycles. The molecule has 4 rings (SSSR count). The minimum Gasteiger partial charge on any atom is -0.491 e. The molecule has 0 aliphatic carbocycles. The molecule has 1 saturated heterocycles. The van der Waals surface area contributed by atoms with Crippen molar-refractivity contribution in [2.24, 2.45) is 5.92 Å². The van der Waals surface area contributed by atoms with Gasteiger partial charge in [0, 0.05) is 17.1 Å². The second-order valence-electron chi connectivity index (χ2n) is 8.63. The van der Waals surface area contributed by atoms with Crippen LogP contribution in [0.4, 0.5) is 0 Å². The van der Waals surface area contributed by atoms with Crippen molar-refractivity contribution in [1.29, 1.82) is 0 Å². The molecular formula is C25H29ClN4O3. The van der Waals surface area contributed by atoms with Crippen LogP contribution < -0.4 is 10.1 Å². The van der Waals surface area contributed by atoms with Gasteiger partial charge in [-0.3, -0.25) is 9.69 Å². The van der Waals surface area contributed by atoms with E-state index in [9.17, 15) is 4.79 Å². The van der Waals surface area contributed by atoms with Gasteiger partial charge in [-0.05, 0) is 57.5 Å². The monoisotopic (exact) mass is 468 g/mol. The number of hydrogen-bond acceptors (Lipinski definition) is 6. The van der Waals surface area contributed by atoms with Gasteiger partial charge >= 0.3 is 0 Å². The lowest BCUT2D eigenvalue weighted by molar-refractivity contribution is -0.127. The van der Waals surface area contributed by atoms with E-state index in [1.54, 1.807) is 12.1 Å². The molecule has 3 aromatic rings. The maximum Gasteiger partial charge on any atom is 0.241 e. The first-order valence-electron chi connectivity index (χ1n) is 11.3. The summed E-state index contributed by atoms with van der Waals surface area (Å²) in [6, 6.07) is 15.2. The molecule has 2 heterocycles. The van der Waals surface area contributed by atoms with Crippen molar-refractivity contribution < 1.29 is 14.1 Å². The number of halogens is 1. The molecular weight excluding hydrogens is 440 g/mol. The van der Waals surface area contributed by atoms with E-state index in [1.807, 2.05) is 50.2 Å². The number of aromatic nitrogens is 2. The number of rotatable bonds is 8. The molecule has 2 aromatic carbocycles. The smallest absolute Gasteiger partial charge is 0.241 e. The molecule has 0 saturated carbocycles. The third-order valence-corrected chi connectivity index (χ3v) is 5.93. The lowest BCUT2D eigenvalue weighted by atomic mass is 9.97. The van der Waals surface area contributed by atoms with Crippen LogP contribution in [0.2, 0.25) is 5.02 Å². The maximum atomic E-state index is 12.8. The first-order valence-corrected chi connectivity index (χ1v) is 11.6. The highest BCUT2D eigenvalue weighted by Crippen LogP contribution is 2.22. The van der Waals surface area contributed by atoms with Gasteiger partial charge in [-0.2, -0.15) is 4.98 Å². The molecule has 1 fully saturated rings. The second kappa shape index (κ2) is 10.8. The zero-order valence-electron chi connectivity index (χ0n) is 19.0. The molecule has 1 amide bonds. The van der Waals surface area contributed by atoms with E-state index in [1.165, 1.54) is 5.56 Å². The van der Waals surface area contributed by atoms with Gasteiger partial charge in [-0.25, -0.2) is 0 Å². The van der Waals surface area contributed by atoms with Crippen molar-refractivity contribution in [1.82, 2.24) is 20.4 Å². The standard InChI is InChI=1S/C25H29ClN4O3/c1-17-8-10-22(11-9-17)32-16-18(2)27-25(31)20-6-4-12-30(14-20)15-23-28-24(29-33-23)19-5-3-7-21(26)13-19/h3,5,7-11,13,18,20H,4,6,12,14-16H2,1-2H3,(H,27,31). The fourth-order valence-corrected chi connectivity index (χ4v) is 4.12. The Labute approximate surface area is 199 Å². The molecule has 0 radical (unpaired) electrons. The number of hydrogen-bond donors (Lipinski definition) is 1. The van der Waals surface area contributed by atoms with E-state index in [-0.39, 0.29) is 17.9 Å². The summed E-state index contributed by atoms with van der Waals surface area (Å²) in [5.74, 6) is 1.84. The largest absolute Gasteiger partial charge is 0.491 e. The molecule has 7 nitrogen and oxygen atoms in total. The quantitative estimate of drug-likeness (QED) is 0.524. The number of carbonyl (C=O) groups is 1. The first-order chi connectivity index (χ1) is 16.0. The van der Waals surface area contributed by atoms with E-state index in [2.05, 4.69) is 20.4 Å². The van der Waals surface area contributed by atoms with Gasteiger partial charge in [0.2, 0.25) is 17.6 Å². The lowest BCUT2D eigenvalue weighted by Gasteiger charge is -2.31. The highest BCUT2D eigenvalue weighted by Gasteiger charge is 2.27. The van der Waals surface area contributed by atoms with Crippen LogP contribution in [0.1, 0.15) is 31.2 Å². The van der Waals surface area contributed by atoms with Gasteiger partial charge in [-0.15, -0.1) is 0 Å². The number of amides is 1. The minimum atomic E-state index is -0.0784. The van der Waals surface area contributed by atoms with Gasteiger partial charge in [0.05, 0.1) is 18.5 Å². The number of nitrogens with one attached hydrogen (secondary N) is 1. The SMILES string of the molecule is Cc1ccc(OCC(C)NC(=O)C2CCCN(Cc3nc(-c4cccc(Cl)c4)no3)C2)cc1. The summed E-state index contributed by atoms with van der Waals surface area (Å²) in [6.07, 6.45) is 1.81. The lowest BCUT2D eigenvalue weighted by Crippen LogP contribution is -2.46. The van der Waals surface area contributed by atoms with Gasteiger partial charge in [-0.1, -0.05) is 46.6 Å². The molecule has 1 aliphatic heterocycles. The van der Waals surface area contributed by atoms with E-state index >= 15 is 0 Å². The van der Waals surface area contributed by atoms with Crippen LogP contribution in [0.5, 0.6) is 5.75 Å². The van der Waals surface area contributed by atoms with E-state index in [4.69, 9.17) is 20.9 Å². The average molecular weight is 469 g/mol. The van der Waals surface area contributed by atoms with Crippen LogP contribution >= 0.6 is 11.6 Å². The predicted molar refractivity (Wildman–Crippen MR) is 127 cm³/mol. The second-order valence-corrected chi connectivity index (χ2v) is 9.07. The van der Waals surface area contributed by atoms with Crippen LogP contribution in [0, 0.1) is 12.8 Å². The van der Waals surface area contributed by atoms with Crippen LogP contribution in [0.3, 0.4) is 0 Å². The van der Waals surface area contributed by atoms with E-state index < -0.39 is 0 Å². The van der Waals surface area contributed by atoms with Gasteiger partial charge in [0.15, 0.2) is 0 Å². The number of likely N-dealkylation sites (tertiary alicyclic amines) is 1. The van der Waals surface area contributed by atoms with Crippen molar-refractivity contribution in [3.63, 3.8) is 0 Å². The highest BCUT2D eigenvalue weighted by molar-refractivity contribution is 6.30. The number of ether oxygens (including phenoxy) is 1. The fourth-order valence-electron chi connectivity index (χ4n) is 3.93. The summed E-state index contributed by atoms with van der Waals surface area (Å²) in [4.78, 5) is 19.5. The van der Waals surface area contributed by atoms with Crippen LogP contribution in [-0.2, 0) is 11.3 Å². The topological polar surface area (TPSA) is 80.5 Å². The van der Waals surface area contributed by atoms with Gasteiger partial charge in [0.1, 0.15) is 12.4 Å². The molecule has 174 valence electrons. The van der Waals surface area contributed by atoms with Crippen LogP contribution in [-0.4, -0.2) is 46.7 Å². The Morgan fingerprint density at radius 1 is 1.30 bits per heavy atom. The predicted octanol–water partition coefficient (Wildman–Crippen LogP) is 4.49. The fraction of sp³-hybridized carbons (Fsp3) is 0.400. The molecule has 0 bridgehead atoms. The summed E-state index contributed by atoms with van der Waals surface area (Å²) in [6.45, 7) is 6.50. The zero-order chi connectivity index (χ0) is 23.2. The normalized spacial score (nSPS) is 17.5. The summed E-state index contributed by atoms with van der Waals surface area (Å²) in [7, 11) is 0. The van der Waals surface area contributed by atoms with Crippen LogP contribution in [0.25, 0.3) is 11.4 Å². The Kier molecular flexibility index (Phi) is 7.62. The molecule has 0 spiro atoms. The summed E-state index contributed by atoms with van der Waals surface area (Å²) < 4.78 is 11.2. The number of nitrogens with zero attached hydrogens (tertiary/aromatic N) is 3. The molecule has 8 heteroatoms. The van der Waals surface area contributed by atoms with Crippen molar-refractivity contribution in [3.05, 3.63) is 65.0 Å². The third kappa shape index (κ3) is 6.55. The Hall–Kier alpha value is -2.90. The van der Waals surface area contributed by atoms with Crippen molar-refractivity contribution in [3.8, 4) is 17.1 Å². The van der Waals surface area contributed by atoms with E-state index in [0.29, 0.717) is 36.4 Å². The molecule has 2 atom stereocenters. The minimum absolute atomic E-state index is 0.0600. The summed E-state index contributed by atoms with van der Waals surface area (Å²) in [5.41, 5.74) is 2.00. The number of piperidine rings is 1. The van der Waals surface area contributed by atoms with Crippen molar-refractivity contribution >= 4 is 17.5 Å². The Morgan fingerprint density at radius 3 is 2.91 bits per heavy atom. The van der Waals surface area contributed by atoms with Crippen molar-refractivity contribution in [2.45, 2.75) is 39.3 Å². The van der Waals surface area contributed by atoms with Crippen LogP contribution in [0.15, 0.2) is 53.1 Å². The molecule has 1 N–H and O–H groups in total. The Bertz CT molecular complexity index is 1070.